The number of carbonyl (C=O) groups is 1. The van der Waals surface area contributed by atoms with Crippen molar-refractivity contribution in [1.29, 1.82) is 0 Å². The minimum Gasteiger partial charge on any atom is -0.495 e. The molecule has 142 valence electrons. The molecule has 27 heavy (non-hydrogen) atoms. The average Bonchev–Trinajstić information content (AvgIpc) is 3.27. The minimum absolute atomic E-state index is 0.143. The maximum atomic E-state index is 13.1. The lowest BCUT2D eigenvalue weighted by Gasteiger charge is -2.18. The third-order valence-corrected chi connectivity index (χ3v) is 6.92. The third-order valence-electron chi connectivity index (χ3n) is 3.71. The first-order chi connectivity index (χ1) is 13.1. The fourth-order valence-corrected chi connectivity index (χ4v) is 5.12. The molecule has 8 heteroatoms. The van der Waals surface area contributed by atoms with Crippen LogP contribution >= 0.6 is 46.5 Å². The van der Waals surface area contributed by atoms with Gasteiger partial charge in [-0.25, -0.2) is 4.99 Å². The van der Waals surface area contributed by atoms with E-state index in [1.165, 1.54) is 0 Å². The molecule has 3 rings (SSSR count). The highest BCUT2D eigenvalue weighted by molar-refractivity contribution is 8.15. The Hall–Kier alpha value is -1.41. The largest absolute Gasteiger partial charge is 0.495 e. The van der Waals surface area contributed by atoms with Gasteiger partial charge in [-0.3, -0.25) is 9.69 Å². The lowest BCUT2D eigenvalue weighted by Crippen LogP contribution is -2.30. The first kappa shape index (κ1) is 20.3. The summed E-state index contributed by atoms with van der Waals surface area (Å²) in [5.41, 5.74) is 1.13. The van der Waals surface area contributed by atoms with Crippen LogP contribution in [0.5, 0.6) is 5.75 Å². The Kier molecular flexibility index (Phi) is 7.29. The molecule has 1 aromatic carbocycles. The molecule has 1 aliphatic heterocycles. The highest BCUT2D eigenvalue weighted by Gasteiger charge is 2.32. The van der Waals surface area contributed by atoms with Crippen LogP contribution in [0.3, 0.4) is 0 Å². The first-order valence-electron chi connectivity index (χ1n) is 8.36. The SMILES string of the molecule is CCSCCSC1=N/C(=C/c2cccs2)C(=O)N1c1ccc(OC)c(Cl)c1. The zero-order valence-corrected chi connectivity index (χ0v) is 18.2. The Morgan fingerprint density at radius 2 is 2.19 bits per heavy atom. The zero-order chi connectivity index (χ0) is 19.2. The molecule has 0 spiro atoms. The van der Waals surface area contributed by atoms with Crippen LogP contribution < -0.4 is 9.64 Å². The highest BCUT2D eigenvalue weighted by atomic mass is 35.5. The number of anilines is 1. The van der Waals surface area contributed by atoms with Crippen molar-refractivity contribution in [2.45, 2.75) is 6.92 Å². The van der Waals surface area contributed by atoms with Crippen LogP contribution in [-0.4, -0.2) is 35.4 Å². The molecule has 0 fully saturated rings. The van der Waals surface area contributed by atoms with Gasteiger partial charge in [-0.1, -0.05) is 36.4 Å². The second-order valence-corrected chi connectivity index (χ2v) is 9.29. The number of amidine groups is 1. The molecule has 0 atom stereocenters. The van der Waals surface area contributed by atoms with Crippen molar-refractivity contribution >= 4 is 69.3 Å². The van der Waals surface area contributed by atoms with Crippen molar-refractivity contribution in [2.24, 2.45) is 4.99 Å². The second kappa shape index (κ2) is 9.68. The van der Waals surface area contributed by atoms with Crippen molar-refractivity contribution in [1.82, 2.24) is 0 Å². The standard InChI is InChI=1S/C19H19ClN2O2S3/c1-3-25-9-10-27-19-21-16(12-14-5-4-8-26-14)18(23)22(19)13-6-7-17(24-2)15(20)11-13/h4-8,11-12H,3,9-10H2,1-2H3/b16-12+. The molecule has 1 aromatic heterocycles. The summed E-state index contributed by atoms with van der Waals surface area (Å²) in [7, 11) is 1.57. The Labute approximate surface area is 176 Å². The number of hydrogen-bond donors (Lipinski definition) is 0. The monoisotopic (exact) mass is 438 g/mol. The van der Waals surface area contributed by atoms with Gasteiger partial charge in [0.25, 0.3) is 5.91 Å². The van der Waals surface area contributed by atoms with Crippen LogP contribution in [0.4, 0.5) is 5.69 Å². The van der Waals surface area contributed by atoms with E-state index in [1.807, 2.05) is 41.4 Å². The van der Waals surface area contributed by atoms with E-state index in [0.717, 1.165) is 22.1 Å². The molecule has 2 aromatic rings. The first-order valence-corrected chi connectivity index (χ1v) is 11.8. The predicted molar refractivity (Wildman–Crippen MR) is 121 cm³/mol. The van der Waals surface area contributed by atoms with Crippen molar-refractivity contribution in [2.75, 3.05) is 29.3 Å². The number of hydrogen-bond acceptors (Lipinski definition) is 6. The molecule has 0 bridgehead atoms. The lowest BCUT2D eigenvalue weighted by atomic mass is 10.2. The molecular weight excluding hydrogens is 420 g/mol. The fraction of sp³-hybridized carbons (Fsp3) is 0.263. The quantitative estimate of drug-likeness (QED) is 0.414. The second-order valence-electron chi connectivity index (χ2n) is 5.44. The normalized spacial score (nSPS) is 15.5. The van der Waals surface area contributed by atoms with Crippen LogP contribution in [0.15, 0.2) is 46.4 Å². The topological polar surface area (TPSA) is 41.9 Å². The van der Waals surface area contributed by atoms with Gasteiger partial charge in [0.1, 0.15) is 11.4 Å². The van der Waals surface area contributed by atoms with Crippen molar-refractivity contribution in [3.63, 3.8) is 0 Å². The number of benzene rings is 1. The number of rotatable bonds is 7. The molecule has 0 saturated heterocycles. The van der Waals surface area contributed by atoms with E-state index in [4.69, 9.17) is 16.3 Å². The average molecular weight is 439 g/mol. The van der Waals surface area contributed by atoms with Crippen LogP contribution in [0.1, 0.15) is 11.8 Å². The molecule has 0 radical (unpaired) electrons. The van der Waals surface area contributed by atoms with E-state index in [1.54, 1.807) is 47.2 Å². The van der Waals surface area contributed by atoms with Crippen molar-refractivity contribution < 1.29 is 9.53 Å². The fourth-order valence-electron chi connectivity index (χ4n) is 2.46. The number of halogens is 1. The Balaban J connectivity index is 1.90. The van der Waals surface area contributed by atoms with E-state index in [0.29, 0.717) is 27.3 Å². The molecule has 0 unspecified atom stereocenters. The molecule has 0 saturated carbocycles. The van der Waals surface area contributed by atoms with Gasteiger partial charge in [0.05, 0.1) is 17.8 Å². The van der Waals surface area contributed by atoms with Crippen molar-refractivity contribution in [3.8, 4) is 5.75 Å². The highest BCUT2D eigenvalue weighted by Crippen LogP contribution is 2.34. The molecule has 2 heterocycles. The summed E-state index contributed by atoms with van der Waals surface area (Å²) in [6.45, 7) is 2.14. The van der Waals surface area contributed by atoms with E-state index >= 15 is 0 Å². The Bertz CT molecular complexity index is 866. The van der Waals surface area contributed by atoms with E-state index in [2.05, 4.69) is 11.9 Å². The van der Waals surface area contributed by atoms with E-state index in [-0.39, 0.29) is 5.91 Å². The maximum absolute atomic E-state index is 13.1. The predicted octanol–water partition coefficient (Wildman–Crippen LogP) is 5.64. The van der Waals surface area contributed by atoms with Gasteiger partial charge >= 0.3 is 0 Å². The molecular formula is C19H19ClN2O2S3. The number of thiophene rings is 1. The van der Waals surface area contributed by atoms with Gasteiger partial charge in [0, 0.05) is 16.4 Å². The van der Waals surface area contributed by atoms with Crippen LogP contribution in [0.25, 0.3) is 6.08 Å². The maximum Gasteiger partial charge on any atom is 0.283 e. The van der Waals surface area contributed by atoms with Gasteiger partial charge in [0.15, 0.2) is 5.17 Å². The summed E-state index contributed by atoms with van der Waals surface area (Å²) >= 11 is 11.3. The minimum atomic E-state index is -0.143. The Morgan fingerprint density at radius 1 is 1.33 bits per heavy atom. The third kappa shape index (κ3) is 4.90. The number of ether oxygens (including phenoxy) is 1. The number of carbonyl (C=O) groups excluding carboxylic acids is 1. The van der Waals surface area contributed by atoms with Crippen LogP contribution in [0, 0.1) is 0 Å². The summed E-state index contributed by atoms with van der Waals surface area (Å²) in [5, 5.41) is 3.12. The molecule has 1 amide bonds. The van der Waals surface area contributed by atoms with Gasteiger partial charge in [-0.2, -0.15) is 11.8 Å². The number of aliphatic imine (C=N–C) groups is 1. The van der Waals surface area contributed by atoms with Gasteiger partial charge in [-0.05, 0) is 41.5 Å². The number of nitrogens with zero attached hydrogens (tertiary/aromatic N) is 2. The van der Waals surface area contributed by atoms with Gasteiger partial charge in [0.2, 0.25) is 0 Å². The van der Waals surface area contributed by atoms with Crippen molar-refractivity contribution in [3.05, 3.63) is 51.3 Å². The van der Waals surface area contributed by atoms with E-state index < -0.39 is 0 Å². The Morgan fingerprint density at radius 3 is 2.85 bits per heavy atom. The lowest BCUT2D eigenvalue weighted by molar-refractivity contribution is -0.113. The summed E-state index contributed by atoms with van der Waals surface area (Å²) in [4.78, 5) is 20.3. The zero-order valence-electron chi connectivity index (χ0n) is 15.0. The smallest absolute Gasteiger partial charge is 0.283 e. The van der Waals surface area contributed by atoms with Gasteiger partial charge in [-0.15, -0.1) is 11.3 Å². The number of thioether (sulfide) groups is 2. The molecule has 1 aliphatic rings. The molecule has 0 aliphatic carbocycles. The summed E-state index contributed by atoms with van der Waals surface area (Å²) in [6.07, 6.45) is 1.83. The molecule has 0 N–H and O–H groups in total. The van der Waals surface area contributed by atoms with Gasteiger partial charge < -0.3 is 4.74 Å². The summed E-state index contributed by atoms with van der Waals surface area (Å²) in [6, 6.07) is 9.26. The molecule has 4 nitrogen and oxygen atoms in total. The summed E-state index contributed by atoms with van der Waals surface area (Å²) in [5.74, 6) is 3.40. The summed E-state index contributed by atoms with van der Waals surface area (Å²) < 4.78 is 5.22. The number of amides is 1. The number of methoxy groups -OCH3 is 1. The van der Waals surface area contributed by atoms with Crippen LogP contribution in [0.2, 0.25) is 5.02 Å². The van der Waals surface area contributed by atoms with Crippen LogP contribution in [-0.2, 0) is 4.79 Å². The van der Waals surface area contributed by atoms with E-state index in [9.17, 15) is 4.79 Å².